The topological polar surface area (TPSA) is 79.7 Å². The van der Waals surface area contributed by atoms with Crippen LogP contribution >= 0.6 is 0 Å². The maximum absolute atomic E-state index is 12.3. The second kappa shape index (κ2) is 8.02. The molecular formula is C15H18N2O4. The van der Waals surface area contributed by atoms with Crippen LogP contribution in [0.1, 0.15) is 29.9 Å². The van der Waals surface area contributed by atoms with Gasteiger partial charge in [0.15, 0.2) is 0 Å². The van der Waals surface area contributed by atoms with Crippen LogP contribution in [0.5, 0.6) is 0 Å². The van der Waals surface area contributed by atoms with E-state index in [2.05, 4.69) is 21.6 Å². The molecule has 0 bridgehead atoms. The number of ether oxygens (including phenoxy) is 1. The molecule has 0 aliphatic carbocycles. The number of hydrogen-bond donors (Lipinski definition) is 1. The molecule has 1 aromatic heterocycles. The molecule has 1 aromatic rings. The van der Waals surface area contributed by atoms with Gasteiger partial charge in [0.2, 0.25) is 0 Å². The lowest BCUT2D eigenvalue weighted by Gasteiger charge is -2.25. The highest BCUT2D eigenvalue weighted by Crippen LogP contribution is 2.07. The molecule has 6 nitrogen and oxygen atoms in total. The lowest BCUT2D eigenvalue weighted by molar-refractivity contribution is -0.141. The first kappa shape index (κ1) is 16.7. The predicted molar refractivity (Wildman–Crippen MR) is 76.4 cm³/mol. The quantitative estimate of drug-likeness (QED) is 0.643. The number of aliphatic hydroxyl groups is 1. The van der Waals surface area contributed by atoms with Crippen molar-refractivity contribution in [3.63, 3.8) is 0 Å². The van der Waals surface area contributed by atoms with Gasteiger partial charge in [0.05, 0.1) is 7.11 Å². The van der Waals surface area contributed by atoms with Crippen molar-refractivity contribution in [3.8, 4) is 11.8 Å². The molecule has 0 radical (unpaired) electrons. The first-order valence-electron chi connectivity index (χ1n) is 6.43. The fraction of sp³-hybridized carbons (Fsp3) is 0.400. The van der Waals surface area contributed by atoms with Crippen LogP contribution in [0.3, 0.4) is 0 Å². The number of esters is 1. The number of nitrogens with zero attached hydrogens (tertiary/aromatic N) is 2. The van der Waals surface area contributed by atoms with E-state index in [1.807, 2.05) is 13.8 Å². The number of pyridine rings is 1. The van der Waals surface area contributed by atoms with E-state index in [4.69, 9.17) is 5.11 Å². The molecule has 0 spiro atoms. The van der Waals surface area contributed by atoms with E-state index in [0.717, 1.165) is 0 Å². The van der Waals surface area contributed by atoms with Crippen molar-refractivity contribution in [3.05, 3.63) is 29.6 Å². The van der Waals surface area contributed by atoms with Crippen LogP contribution in [0, 0.1) is 11.8 Å². The number of rotatable bonds is 4. The van der Waals surface area contributed by atoms with E-state index >= 15 is 0 Å². The number of amides is 1. The summed E-state index contributed by atoms with van der Waals surface area (Å²) < 4.78 is 4.59. The highest BCUT2D eigenvalue weighted by atomic mass is 16.5. The Hall–Kier alpha value is -2.39. The molecule has 0 aliphatic rings. The van der Waals surface area contributed by atoms with Gasteiger partial charge < -0.3 is 14.7 Å². The Balaban J connectivity index is 2.91. The summed E-state index contributed by atoms with van der Waals surface area (Å²) in [6, 6.07) is 3.02. The molecule has 1 amide bonds. The first-order valence-corrected chi connectivity index (χ1v) is 6.43. The summed E-state index contributed by atoms with van der Waals surface area (Å²) >= 11 is 0. The minimum atomic E-state index is -0.484. The SMILES string of the molecule is COC(=O)CN(C(=O)c1ccc(C#CCO)cn1)C(C)C. The summed E-state index contributed by atoms with van der Waals surface area (Å²) in [5, 5.41) is 8.61. The Morgan fingerprint density at radius 3 is 2.62 bits per heavy atom. The Bertz CT molecular complexity index is 555. The number of hydrogen-bond acceptors (Lipinski definition) is 5. The maximum atomic E-state index is 12.3. The molecule has 1 heterocycles. The molecule has 0 aliphatic heterocycles. The van der Waals surface area contributed by atoms with E-state index in [-0.39, 0.29) is 30.8 Å². The predicted octanol–water partition coefficient (Wildman–Crippen LogP) is 0.449. The van der Waals surface area contributed by atoms with E-state index in [0.29, 0.717) is 5.56 Å². The van der Waals surface area contributed by atoms with Gasteiger partial charge in [-0.2, -0.15) is 0 Å². The Morgan fingerprint density at radius 1 is 1.43 bits per heavy atom. The number of aromatic nitrogens is 1. The van der Waals surface area contributed by atoms with Crippen molar-refractivity contribution < 1.29 is 19.4 Å². The van der Waals surface area contributed by atoms with Crippen molar-refractivity contribution in [1.82, 2.24) is 9.88 Å². The summed E-state index contributed by atoms with van der Waals surface area (Å²) in [4.78, 5) is 29.1. The van der Waals surface area contributed by atoms with Crippen LogP contribution in [0.15, 0.2) is 18.3 Å². The van der Waals surface area contributed by atoms with Gasteiger partial charge in [0.1, 0.15) is 18.8 Å². The van der Waals surface area contributed by atoms with Crippen LogP contribution in [0.4, 0.5) is 0 Å². The van der Waals surface area contributed by atoms with Crippen molar-refractivity contribution in [2.24, 2.45) is 0 Å². The summed E-state index contributed by atoms with van der Waals surface area (Å²) in [5.41, 5.74) is 0.826. The normalized spacial score (nSPS) is 9.76. The summed E-state index contributed by atoms with van der Waals surface area (Å²) in [7, 11) is 1.28. The third kappa shape index (κ3) is 4.89. The smallest absolute Gasteiger partial charge is 0.325 e. The zero-order chi connectivity index (χ0) is 15.8. The fourth-order valence-electron chi connectivity index (χ4n) is 1.58. The van der Waals surface area contributed by atoms with Crippen molar-refractivity contribution in [1.29, 1.82) is 0 Å². The number of carbonyl (C=O) groups excluding carboxylic acids is 2. The molecule has 21 heavy (non-hydrogen) atoms. The highest BCUT2D eigenvalue weighted by Gasteiger charge is 2.22. The summed E-state index contributed by atoms with van der Waals surface area (Å²) in [5.74, 6) is 4.36. The van der Waals surface area contributed by atoms with Crippen LogP contribution < -0.4 is 0 Å². The standard InChI is InChI=1S/C15H18N2O4/c1-11(2)17(10-14(19)21-3)15(20)13-7-6-12(9-16-13)5-4-8-18/h6-7,9,11,18H,8,10H2,1-3H3. The minimum Gasteiger partial charge on any atom is -0.468 e. The third-order valence-electron chi connectivity index (χ3n) is 2.71. The monoisotopic (exact) mass is 290 g/mol. The van der Waals surface area contributed by atoms with Gasteiger partial charge in [-0.25, -0.2) is 4.98 Å². The van der Waals surface area contributed by atoms with Crippen LogP contribution in [-0.2, 0) is 9.53 Å². The molecule has 112 valence electrons. The zero-order valence-corrected chi connectivity index (χ0v) is 12.3. The zero-order valence-electron chi connectivity index (χ0n) is 12.3. The molecule has 0 fully saturated rings. The molecule has 0 aromatic carbocycles. The van der Waals surface area contributed by atoms with E-state index in [9.17, 15) is 9.59 Å². The second-order valence-electron chi connectivity index (χ2n) is 4.49. The summed E-state index contributed by atoms with van der Waals surface area (Å²) in [6.45, 7) is 3.26. The number of aliphatic hydroxyl groups excluding tert-OH is 1. The molecular weight excluding hydrogens is 272 g/mol. The third-order valence-corrected chi connectivity index (χ3v) is 2.71. The van der Waals surface area contributed by atoms with Gasteiger partial charge in [0.25, 0.3) is 5.91 Å². The van der Waals surface area contributed by atoms with E-state index in [1.165, 1.54) is 24.3 Å². The lowest BCUT2D eigenvalue weighted by atomic mass is 10.2. The summed E-state index contributed by atoms with van der Waals surface area (Å²) in [6.07, 6.45) is 1.45. The van der Waals surface area contributed by atoms with Gasteiger partial charge >= 0.3 is 5.97 Å². The fourth-order valence-corrected chi connectivity index (χ4v) is 1.58. The van der Waals surface area contributed by atoms with Crippen LogP contribution in [0.2, 0.25) is 0 Å². The van der Waals surface area contributed by atoms with Gasteiger partial charge in [-0.15, -0.1) is 0 Å². The largest absolute Gasteiger partial charge is 0.468 e. The van der Waals surface area contributed by atoms with Gasteiger partial charge in [-0.3, -0.25) is 9.59 Å². The Labute approximate surface area is 123 Å². The molecule has 0 atom stereocenters. The van der Waals surface area contributed by atoms with Crippen LogP contribution in [0.25, 0.3) is 0 Å². The molecule has 6 heteroatoms. The molecule has 0 saturated heterocycles. The van der Waals surface area contributed by atoms with E-state index in [1.54, 1.807) is 6.07 Å². The number of methoxy groups -OCH3 is 1. The molecule has 0 unspecified atom stereocenters. The van der Waals surface area contributed by atoms with Gasteiger partial charge in [-0.1, -0.05) is 11.8 Å². The second-order valence-corrected chi connectivity index (χ2v) is 4.49. The Morgan fingerprint density at radius 2 is 2.14 bits per heavy atom. The minimum absolute atomic E-state index is 0.124. The lowest BCUT2D eigenvalue weighted by Crippen LogP contribution is -2.41. The van der Waals surface area contributed by atoms with Gasteiger partial charge in [0, 0.05) is 17.8 Å². The molecule has 1 N–H and O–H groups in total. The number of carbonyl (C=O) groups is 2. The average Bonchev–Trinajstić information content (AvgIpc) is 2.49. The molecule has 1 rings (SSSR count). The first-order chi connectivity index (χ1) is 9.99. The van der Waals surface area contributed by atoms with Crippen molar-refractivity contribution in [2.75, 3.05) is 20.3 Å². The van der Waals surface area contributed by atoms with E-state index < -0.39 is 5.97 Å². The maximum Gasteiger partial charge on any atom is 0.325 e. The van der Waals surface area contributed by atoms with Crippen LogP contribution in [-0.4, -0.2) is 53.2 Å². The average molecular weight is 290 g/mol. The molecule has 0 saturated carbocycles. The van der Waals surface area contributed by atoms with Crippen molar-refractivity contribution >= 4 is 11.9 Å². The van der Waals surface area contributed by atoms with Gasteiger partial charge in [-0.05, 0) is 26.0 Å². The Kier molecular flexibility index (Phi) is 6.37. The highest BCUT2D eigenvalue weighted by molar-refractivity contribution is 5.94. The van der Waals surface area contributed by atoms with Crippen molar-refractivity contribution in [2.45, 2.75) is 19.9 Å².